The van der Waals surface area contributed by atoms with Gasteiger partial charge in [-0.2, -0.15) is 0 Å². The lowest BCUT2D eigenvalue weighted by molar-refractivity contribution is 0.355. The van der Waals surface area contributed by atoms with Crippen LogP contribution in [0.3, 0.4) is 0 Å². The van der Waals surface area contributed by atoms with Crippen LogP contribution in [-0.2, 0) is 6.42 Å². The monoisotopic (exact) mass is 338 g/mol. The lowest BCUT2D eigenvalue weighted by atomic mass is 10.0. The molecule has 0 spiro atoms. The van der Waals surface area contributed by atoms with E-state index in [0.29, 0.717) is 11.5 Å². The molecule has 0 saturated carbocycles. The van der Waals surface area contributed by atoms with Crippen molar-refractivity contribution < 1.29 is 18.6 Å². The van der Waals surface area contributed by atoms with Crippen molar-refractivity contribution in [3.05, 3.63) is 54.1 Å². The summed E-state index contributed by atoms with van der Waals surface area (Å²) in [5.74, 6) is 2.87. The Hall–Kier alpha value is -2.88. The van der Waals surface area contributed by atoms with Crippen LogP contribution in [0.1, 0.15) is 11.1 Å². The lowest BCUT2D eigenvalue weighted by Crippen LogP contribution is -1.90. The van der Waals surface area contributed by atoms with Gasteiger partial charge in [-0.25, -0.2) is 0 Å². The minimum absolute atomic E-state index is 0.666. The van der Waals surface area contributed by atoms with E-state index in [1.165, 1.54) is 0 Å². The molecule has 0 amide bonds. The van der Waals surface area contributed by atoms with E-state index >= 15 is 0 Å². The predicted octanol–water partition coefficient (Wildman–Crippen LogP) is 5.16. The third-order valence-corrected chi connectivity index (χ3v) is 4.31. The van der Waals surface area contributed by atoms with Crippen LogP contribution in [0.2, 0.25) is 0 Å². The molecule has 0 aliphatic carbocycles. The molecule has 3 aromatic rings. The number of rotatable bonds is 6. The summed E-state index contributed by atoms with van der Waals surface area (Å²) >= 11 is 0. The maximum Gasteiger partial charge on any atom is 0.176 e. The van der Waals surface area contributed by atoms with E-state index in [0.717, 1.165) is 45.6 Å². The van der Waals surface area contributed by atoms with E-state index in [-0.39, 0.29) is 0 Å². The first kappa shape index (κ1) is 17.0. The Kier molecular flexibility index (Phi) is 4.70. The van der Waals surface area contributed by atoms with Gasteiger partial charge in [0.25, 0.3) is 0 Å². The maximum absolute atomic E-state index is 6.17. The van der Waals surface area contributed by atoms with Crippen molar-refractivity contribution in [1.82, 2.24) is 0 Å². The Morgan fingerprint density at radius 2 is 1.68 bits per heavy atom. The maximum atomic E-state index is 6.17. The lowest BCUT2D eigenvalue weighted by Gasteiger charge is -2.08. The zero-order chi connectivity index (χ0) is 18.0. The molecule has 0 bridgehead atoms. The summed E-state index contributed by atoms with van der Waals surface area (Å²) in [7, 11) is 4.90. The molecular weight excluding hydrogens is 316 g/mol. The van der Waals surface area contributed by atoms with Gasteiger partial charge in [-0.3, -0.25) is 0 Å². The molecule has 4 nitrogen and oxygen atoms in total. The van der Waals surface area contributed by atoms with Gasteiger partial charge in [0.2, 0.25) is 0 Å². The second-order valence-corrected chi connectivity index (χ2v) is 5.79. The van der Waals surface area contributed by atoms with E-state index in [9.17, 15) is 0 Å². The number of methoxy groups -OCH3 is 3. The highest BCUT2D eigenvalue weighted by Crippen LogP contribution is 2.40. The highest BCUT2D eigenvalue weighted by Gasteiger charge is 2.18. The summed E-state index contributed by atoms with van der Waals surface area (Å²) in [6.45, 7) is 5.86. The normalized spacial score (nSPS) is 10.7. The second kappa shape index (κ2) is 6.93. The largest absolute Gasteiger partial charge is 0.493 e. The molecule has 0 fully saturated rings. The average molecular weight is 338 g/mol. The molecule has 0 N–H and O–H groups in total. The first-order valence-electron chi connectivity index (χ1n) is 8.06. The number of hydrogen-bond acceptors (Lipinski definition) is 4. The zero-order valence-electron chi connectivity index (χ0n) is 15.0. The number of furan rings is 1. The molecule has 0 aliphatic heterocycles. The van der Waals surface area contributed by atoms with Gasteiger partial charge in [-0.1, -0.05) is 6.08 Å². The molecule has 130 valence electrons. The minimum atomic E-state index is 0.666. The highest BCUT2D eigenvalue weighted by atomic mass is 16.5. The summed E-state index contributed by atoms with van der Waals surface area (Å²) in [4.78, 5) is 0. The van der Waals surface area contributed by atoms with Crippen LogP contribution in [0, 0.1) is 6.92 Å². The smallest absolute Gasteiger partial charge is 0.176 e. The van der Waals surface area contributed by atoms with Crippen LogP contribution in [0.25, 0.3) is 22.3 Å². The van der Waals surface area contributed by atoms with E-state index in [1.54, 1.807) is 21.3 Å². The van der Waals surface area contributed by atoms with Gasteiger partial charge in [0, 0.05) is 16.5 Å². The van der Waals surface area contributed by atoms with Crippen molar-refractivity contribution in [3.63, 3.8) is 0 Å². The summed E-state index contributed by atoms with van der Waals surface area (Å²) in [5.41, 5.74) is 3.88. The molecule has 4 heteroatoms. The summed E-state index contributed by atoms with van der Waals surface area (Å²) in [6.07, 6.45) is 2.66. The first-order valence-corrected chi connectivity index (χ1v) is 8.06. The first-order chi connectivity index (χ1) is 12.1. The van der Waals surface area contributed by atoms with Crippen LogP contribution in [-0.4, -0.2) is 21.3 Å². The number of fused-ring (bicyclic) bond motifs is 1. The summed E-state index contributed by atoms with van der Waals surface area (Å²) < 4.78 is 22.4. The molecule has 3 rings (SSSR count). The van der Waals surface area contributed by atoms with Gasteiger partial charge < -0.3 is 18.6 Å². The fraction of sp³-hybridized carbons (Fsp3) is 0.238. The topological polar surface area (TPSA) is 40.8 Å². The molecule has 0 unspecified atom stereocenters. The fourth-order valence-electron chi connectivity index (χ4n) is 3.03. The number of benzene rings is 2. The molecule has 0 aliphatic rings. The van der Waals surface area contributed by atoms with Crippen LogP contribution >= 0.6 is 0 Å². The third-order valence-electron chi connectivity index (χ3n) is 4.31. The van der Waals surface area contributed by atoms with Crippen LogP contribution in [0.4, 0.5) is 0 Å². The Balaban J connectivity index is 2.20. The molecule has 0 saturated heterocycles. The standard InChI is InChI=1S/C21H22O4/c1-6-7-14-10-16-13(2)20(25-21(16)19(11-14)24-5)15-8-9-17(22-3)18(12-15)23-4/h6,8-12H,1,7H2,2-5H3. The minimum Gasteiger partial charge on any atom is -0.493 e. The zero-order valence-corrected chi connectivity index (χ0v) is 15.0. The Bertz CT molecular complexity index is 921. The molecule has 1 heterocycles. The number of ether oxygens (including phenoxy) is 3. The van der Waals surface area contributed by atoms with Crippen molar-refractivity contribution in [2.75, 3.05) is 21.3 Å². The van der Waals surface area contributed by atoms with Gasteiger partial charge in [-0.15, -0.1) is 6.58 Å². The second-order valence-electron chi connectivity index (χ2n) is 5.79. The fourth-order valence-corrected chi connectivity index (χ4v) is 3.03. The van der Waals surface area contributed by atoms with Crippen LogP contribution < -0.4 is 14.2 Å². The predicted molar refractivity (Wildman–Crippen MR) is 99.9 cm³/mol. The van der Waals surface area contributed by atoms with Crippen molar-refractivity contribution in [1.29, 1.82) is 0 Å². The summed E-state index contributed by atoms with van der Waals surface area (Å²) in [5, 5.41) is 1.04. The summed E-state index contributed by atoms with van der Waals surface area (Å²) in [6, 6.07) is 9.87. The van der Waals surface area contributed by atoms with Crippen LogP contribution in [0.5, 0.6) is 17.2 Å². The van der Waals surface area contributed by atoms with Gasteiger partial charge >= 0.3 is 0 Å². The van der Waals surface area contributed by atoms with E-state index in [2.05, 4.69) is 19.6 Å². The number of hydrogen-bond donors (Lipinski definition) is 0. The van der Waals surface area contributed by atoms with Crippen molar-refractivity contribution in [3.8, 4) is 28.6 Å². The molecule has 0 radical (unpaired) electrons. The molecule has 1 aromatic heterocycles. The molecule has 2 aromatic carbocycles. The van der Waals surface area contributed by atoms with Gasteiger partial charge in [0.1, 0.15) is 5.76 Å². The number of aryl methyl sites for hydroxylation is 1. The van der Waals surface area contributed by atoms with Crippen molar-refractivity contribution in [2.45, 2.75) is 13.3 Å². The van der Waals surface area contributed by atoms with E-state index in [1.807, 2.05) is 30.3 Å². The Labute approximate surface area is 147 Å². The van der Waals surface area contributed by atoms with Crippen LogP contribution in [0.15, 0.2) is 47.4 Å². The highest BCUT2D eigenvalue weighted by molar-refractivity contribution is 5.92. The SMILES string of the molecule is C=CCc1cc(OC)c2oc(-c3ccc(OC)c(OC)c3)c(C)c2c1. The van der Waals surface area contributed by atoms with Crippen molar-refractivity contribution in [2.24, 2.45) is 0 Å². The Morgan fingerprint density at radius 1 is 0.960 bits per heavy atom. The van der Waals surface area contributed by atoms with Gasteiger partial charge in [0.15, 0.2) is 22.8 Å². The van der Waals surface area contributed by atoms with Crippen molar-refractivity contribution >= 4 is 11.0 Å². The Morgan fingerprint density at radius 3 is 2.32 bits per heavy atom. The molecular formula is C21H22O4. The molecule has 0 atom stereocenters. The van der Waals surface area contributed by atoms with Gasteiger partial charge in [-0.05, 0) is 49.2 Å². The average Bonchev–Trinajstić information content (AvgIpc) is 2.97. The molecule has 25 heavy (non-hydrogen) atoms. The third kappa shape index (κ3) is 2.95. The van der Waals surface area contributed by atoms with Gasteiger partial charge in [0.05, 0.1) is 21.3 Å². The van der Waals surface area contributed by atoms with E-state index < -0.39 is 0 Å². The number of allylic oxidation sites excluding steroid dienone is 1. The van der Waals surface area contributed by atoms with E-state index in [4.69, 9.17) is 18.6 Å². The quantitative estimate of drug-likeness (QED) is 0.582.